The molecule has 0 radical (unpaired) electrons. The van der Waals surface area contributed by atoms with Gasteiger partial charge in [0.2, 0.25) is 0 Å². The van der Waals surface area contributed by atoms with Crippen LogP contribution in [0.3, 0.4) is 0 Å². The molecule has 0 fully saturated rings. The second-order valence-corrected chi connectivity index (χ2v) is 6.74. The van der Waals surface area contributed by atoms with E-state index in [0.717, 1.165) is 4.57 Å². The molecular weight excluding hydrogens is 411 g/mol. The standard InChI is InChI=1S/C17H16Cl2N4O5/c1-21-15-14(16(25)22(2)17(21)26)23(9-20-15)8-13(24)28-6-5-27-12-4-3-10(18)7-11(12)19/h3-4,7,9H,5-6,8H2,1-2H3. The number of hydrogen-bond donors (Lipinski definition) is 0. The predicted molar refractivity (Wildman–Crippen MR) is 103 cm³/mol. The molecule has 0 bridgehead atoms. The zero-order valence-corrected chi connectivity index (χ0v) is 16.5. The fourth-order valence-electron chi connectivity index (χ4n) is 2.60. The van der Waals surface area contributed by atoms with Gasteiger partial charge in [-0.05, 0) is 18.2 Å². The molecule has 0 unspecified atom stereocenters. The minimum absolute atomic E-state index is 0.0130. The number of aryl methyl sites for hydroxylation is 1. The maximum Gasteiger partial charge on any atom is 0.332 e. The highest BCUT2D eigenvalue weighted by atomic mass is 35.5. The van der Waals surface area contributed by atoms with Crippen LogP contribution < -0.4 is 16.0 Å². The molecule has 0 saturated carbocycles. The largest absolute Gasteiger partial charge is 0.488 e. The van der Waals surface area contributed by atoms with Gasteiger partial charge in [-0.1, -0.05) is 23.2 Å². The SMILES string of the molecule is Cn1c(=O)c2c(ncn2CC(=O)OCCOc2ccc(Cl)cc2Cl)n(C)c1=O. The molecule has 148 valence electrons. The number of nitrogens with zero attached hydrogens (tertiary/aromatic N) is 4. The summed E-state index contributed by atoms with van der Waals surface area (Å²) in [6, 6.07) is 4.79. The van der Waals surface area contributed by atoms with Crippen LogP contribution in [0.2, 0.25) is 10.0 Å². The van der Waals surface area contributed by atoms with Crippen molar-refractivity contribution in [2.24, 2.45) is 14.1 Å². The quantitative estimate of drug-likeness (QED) is 0.436. The highest BCUT2D eigenvalue weighted by Gasteiger charge is 2.16. The van der Waals surface area contributed by atoms with Crippen LogP contribution in [0.5, 0.6) is 5.75 Å². The van der Waals surface area contributed by atoms with Crippen molar-refractivity contribution in [2.75, 3.05) is 13.2 Å². The van der Waals surface area contributed by atoms with Crippen LogP contribution in [0.4, 0.5) is 0 Å². The van der Waals surface area contributed by atoms with E-state index in [1.807, 2.05) is 0 Å². The molecule has 1 aromatic carbocycles. The number of esters is 1. The van der Waals surface area contributed by atoms with Gasteiger partial charge in [-0.3, -0.25) is 18.7 Å². The fraction of sp³-hybridized carbons (Fsp3) is 0.294. The van der Waals surface area contributed by atoms with Crippen molar-refractivity contribution in [1.82, 2.24) is 18.7 Å². The predicted octanol–water partition coefficient (Wildman–Crippen LogP) is 1.36. The summed E-state index contributed by atoms with van der Waals surface area (Å²) < 4.78 is 14.1. The molecule has 0 aliphatic rings. The minimum Gasteiger partial charge on any atom is -0.488 e. The van der Waals surface area contributed by atoms with Crippen molar-refractivity contribution in [3.05, 3.63) is 55.4 Å². The van der Waals surface area contributed by atoms with Gasteiger partial charge in [0.1, 0.15) is 25.5 Å². The fourth-order valence-corrected chi connectivity index (χ4v) is 3.06. The molecule has 2 heterocycles. The third kappa shape index (κ3) is 3.90. The number of carbonyl (C=O) groups excluding carboxylic acids is 1. The minimum atomic E-state index is -0.582. The molecule has 11 heteroatoms. The van der Waals surface area contributed by atoms with E-state index in [4.69, 9.17) is 32.7 Å². The highest BCUT2D eigenvalue weighted by molar-refractivity contribution is 6.35. The van der Waals surface area contributed by atoms with Gasteiger partial charge in [0.25, 0.3) is 5.56 Å². The van der Waals surface area contributed by atoms with Crippen LogP contribution in [0.25, 0.3) is 11.2 Å². The Hall–Kier alpha value is -2.78. The van der Waals surface area contributed by atoms with E-state index < -0.39 is 17.2 Å². The van der Waals surface area contributed by atoms with E-state index in [2.05, 4.69) is 4.98 Å². The number of benzene rings is 1. The van der Waals surface area contributed by atoms with Gasteiger partial charge in [0.05, 0.1) is 11.3 Å². The number of hydrogen-bond acceptors (Lipinski definition) is 6. The van der Waals surface area contributed by atoms with Crippen LogP contribution in [0, 0.1) is 0 Å². The summed E-state index contributed by atoms with van der Waals surface area (Å²) >= 11 is 11.8. The molecule has 0 atom stereocenters. The summed E-state index contributed by atoms with van der Waals surface area (Å²) in [7, 11) is 2.86. The Balaban J connectivity index is 1.63. The summed E-state index contributed by atoms with van der Waals surface area (Å²) in [5.41, 5.74) is -0.695. The zero-order valence-electron chi connectivity index (χ0n) is 15.0. The van der Waals surface area contributed by atoms with E-state index >= 15 is 0 Å². The van der Waals surface area contributed by atoms with Gasteiger partial charge in [-0.15, -0.1) is 0 Å². The summed E-state index contributed by atoms with van der Waals surface area (Å²) in [4.78, 5) is 40.4. The molecule has 2 aromatic heterocycles. The topological polar surface area (TPSA) is 97.3 Å². The lowest BCUT2D eigenvalue weighted by atomic mass is 10.3. The van der Waals surface area contributed by atoms with Gasteiger partial charge in [0.15, 0.2) is 11.2 Å². The first-order valence-corrected chi connectivity index (χ1v) is 8.89. The van der Waals surface area contributed by atoms with Gasteiger partial charge in [-0.25, -0.2) is 9.78 Å². The maximum absolute atomic E-state index is 12.3. The van der Waals surface area contributed by atoms with E-state index in [0.29, 0.717) is 15.8 Å². The number of imidazole rings is 1. The Labute approximate surface area is 168 Å². The Bertz CT molecular complexity index is 1160. The molecule has 0 saturated heterocycles. The summed E-state index contributed by atoms with van der Waals surface area (Å²) in [6.45, 7) is -0.152. The Morgan fingerprint density at radius 3 is 2.61 bits per heavy atom. The lowest BCUT2D eigenvalue weighted by Crippen LogP contribution is -2.37. The summed E-state index contributed by atoms with van der Waals surface area (Å²) in [5.74, 6) is -0.159. The Kier molecular flexibility index (Phi) is 5.76. The van der Waals surface area contributed by atoms with Crippen LogP contribution in [0.15, 0.2) is 34.1 Å². The van der Waals surface area contributed by atoms with Gasteiger partial charge < -0.3 is 14.0 Å². The third-order valence-electron chi connectivity index (χ3n) is 4.01. The number of aromatic nitrogens is 4. The van der Waals surface area contributed by atoms with E-state index in [1.165, 1.54) is 29.6 Å². The Morgan fingerprint density at radius 2 is 1.89 bits per heavy atom. The van der Waals surface area contributed by atoms with Crippen molar-refractivity contribution in [3.8, 4) is 5.75 Å². The number of ether oxygens (including phenoxy) is 2. The molecule has 0 spiro atoms. The van der Waals surface area contributed by atoms with Gasteiger partial charge in [-0.2, -0.15) is 0 Å². The van der Waals surface area contributed by atoms with Crippen LogP contribution in [-0.2, 0) is 30.2 Å². The van der Waals surface area contributed by atoms with Crippen LogP contribution >= 0.6 is 23.2 Å². The molecule has 28 heavy (non-hydrogen) atoms. The normalized spacial score (nSPS) is 11.0. The second-order valence-electron chi connectivity index (χ2n) is 5.89. The third-order valence-corrected chi connectivity index (χ3v) is 4.54. The van der Waals surface area contributed by atoms with Gasteiger partial charge >= 0.3 is 11.7 Å². The molecule has 3 aromatic rings. The van der Waals surface area contributed by atoms with Crippen molar-refractivity contribution in [3.63, 3.8) is 0 Å². The van der Waals surface area contributed by atoms with Crippen molar-refractivity contribution >= 4 is 40.3 Å². The number of carbonyl (C=O) groups is 1. The van der Waals surface area contributed by atoms with Crippen molar-refractivity contribution in [1.29, 1.82) is 0 Å². The maximum atomic E-state index is 12.3. The molecule has 0 aliphatic heterocycles. The first-order valence-electron chi connectivity index (χ1n) is 8.14. The molecule has 0 aliphatic carbocycles. The smallest absolute Gasteiger partial charge is 0.332 e. The number of fused-ring (bicyclic) bond motifs is 1. The lowest BCUT2D eigenvalue weighted by molar-refractivity contribution is -0.145. The molecule has 0 amide bonds. The molecule has 3 rings (SSSR count). The first-order chi connectivity index (χ1) is 13.3. The highest BCUT2D eigenvalue weighted by Crippen LogP contribution is 2.27. The van der Waals surface area contributed by atoms with Crippen molar-refractivity contribution < 1.29 is 14.3 Å². The van der Waals surface area contributed by atoms with E-state index in [1.54, 1.807) is 18.2 Å². The summed E-state index contributed by atoms with van der Waals surface area (Å²) in [5, 5.41) is 0.838. The zero-order chi connectivity index (χ0) is 20.4. The van der Waals surface area contributed by atoms with Crippen LogP contribution in [0.1, 0.15) is 0 Å². The van der Waals surface area contributed by atoms with Gasteiger partial charge in [0, 0.05) is 19.1 Å². The number of halogens is 2. The first kappa shape index (κ1) is 20.0. The monoisotopic (exact) mass is 426 g/mol. The van der Waals surface area contributed by atoms with Crippen molar-refractivity contribution in [2.45, 2.75) is 6.54 Å². The average Bonchev–Trinajstić information content (AvgIpc) is 3.07. The molecule has 9 nitrogen and oxygen atoms in total. The lowest BCUT2D eigenvalue weighted by Gasteiger charge is -2.10. The molecule has 0 N–H and O–H groups in total. The average molecular weight is 427 g/mol. The number of rotatable bonds is 6. The van der Waals surface area contributed by atoms with E-state index in [9.17, 15) is 14.4 Å². The molecular formula is C17H16Cl2N4O5. The second kappa shape index (κ2) is 8.07. The van der Waals surface area contributed by atoms with Crippen LogP contribution in [-0.4, -0.2) is 37.9 Å². The summed E-state index contributed by atoms with van der Waals surface area (Å²) in [6.07, 6.45) is 1.32. The Morgan fingerprint density at radius 1 is 1.14 bits per heavy atom. The van der Waals surface area contributed by atoms with E-state index in [-0.39, 0.29) is 30.9 Å².